The third-order valence-electron chi connectivity index (χ3n) is 9.30. The van der Waals surface area contributed by atoms with E-state index in [2.05, 4.69) is 25.9 Å². The molecule has 2 fully saturated rings. The Labute approximate surface area is 243 Å². The topological polar surface area (TPSA) is 118 Å². The molecule has 220 valence electrons. The summed E-state index contributed by atoms with van der Waals surface area (Å²) < 4.78 is 1.69. The van der Waals surface area contributed by atoms with E-state index in [-0.39, 0.29) is 17.7 Å². The lowest BCUT2D eigenvalue weighted by atomic mass is 9.66. The standard InChI is InChI=1S/C32H45N7O2/c1-5-39-26(16-17-34-39)31(40)36-30(28(23-12-8-6-9-13-23)24-14-10-7-11-15-24)32(41)35-25-18-20(2)29(33-19-25)27-21(3)37-38-22(27)4/h16-19,23-24,28,30H,5-15H2,1-4H3,(H,35,41)(H,36,40)(H,37,38)/t30-/m0/s1. The van der Waals surface area contributed by atoms with Crippen LogP contribution in [0.2, 0.25) is 0 Å². The summed E-state index contributed by atoms with van der Waals surface area (Å²) >= 11 is 0. The third kappa shape index (κ3) is 6.39. The Morgan fingerprint density at radius 2 is 1.68 bits per heavy atom. The van der Waals surface area contributed by atoms with E-state index in [1.54, 1.807) is 23.1 Å². The third-order valence-corrected chi connectivity index (χ3v) is 9.30. The van der Waals surface area contributed by atoms with Gasteiger partial charge < -0.3 is 10.6 Å². The summed E-state index contributed by atoms with van der Waals surface area (Å²) in [6, 6.07) is 3.07. The minimum Gasteiger partial charge on any atom is -0.339 e. The second-order valence-corrected chi connectivity index (χ2v) is 12.0. The quantitative estimate of drug-likeness (QED) is 0.292. The van der Waals surface area contributed by atoms with Crippen LogP contribution in [0.1, 0.15) is 98.6 Å². The van der Waals surface area contributed by atoms with Crippen molar-refractivity contribution in [3.05, 3.63) is 47.2 Å². The number of nitrogens with zero attached hydrogens (tertiary/aromatic N) is 4. The Hall–Kier alpha value is -3.49. The highest BCUT2D eigenvalue weighted by Crippen LogP contribution is 2.42. The Bertz CT molecular complexity index is 1310. The van der Waals surface area contributed by atoms with E-state index in [1.807, 2.05) is 33.8 Å². The molecule has 2 saturated carbocycles. The number of pyridine rings is 1. The fourth-order valence-electron chi connectivity index (χ4n) is 7.32. The van der Waals surface area contributed by atoms with Crippen molar-refractivity contribution in [3.63, 3.8) is 0 Å². The van der Waals surface area contributed by atoms with Gasteiger partial charge >= 0.3 is 0 Å². The summed E-state index contributed by atoms with van der Waals surface area (Å²) in [5, 5.41) is 18.0. The zero-order chi connectivity index (χ0) is 28.9. The molecule has 1 atom stereocenters. The molecule has 0 unspecified atom stereocenters. The number of hydrogen-bond acceptors (Lipinski definition) is 5. The molecule has 3 N–H and O–H groups in total. The zero-order valence-corrected chi connectivity index (χ0v) is 25.0. The average molecular weight is 560 g/mol. The lowest BCUT2D eigenvalue weighted by molar-refractivity contribution is -0.120. The van der Waals surface area contributed by atoms with E-state index in [1.165, 1.54) is 38.5 Å². The number of anilines is 1. The fourth-order valence-corrected chi connectivity index (χ4v) is 7.32. The molecule has 2 aliphatic carbocycles. The van der Waals surface area contributed by atoms with Crippen LogP contribution in [0.15, 0.2) is 24.5 Å². The summed E-state index contributed by atoms with van der Waals surface area (Å²) in [5.74, 6) is 0.548. The molecule has 3 heterocycles. The molecule has 0 spiro atoms. The monoisotopic (exact) mass is 559 g/mol. The first kappa shape index (κ1) is 29.0. The molecule has 0 saturated heterocycles. The van der Waals surface area contributed by atoms with Crippen molar-refractivity contribution in [2.45, 2.75) is 104 Å². The van der Waals surface area contributed by atoms with Gasteiger partial charge in [-0.2, -0.15) is 10.2 Å². The van der Waals surface area contributed by atoms with Gasteiger partial charge in [-0.05, 0) is 63.1 Å². The van der Waals surface area contributed by atoms with Gasteiger partial charge in [0, 0.05) is 24.0 Å². The van der Waals surface area contributed by atoms with Crippen LogP contribution in [0.3, 0.4) is 0 Å². The van der Waals surface area contributed by atoms with Crippen LogP contribution in [0, 0.1) is 38.5 Å². The van der Waals surface area contributed by atoms with Gasteiger partial charge in [-0.15, -0.1) is 0 Å². The van der Waals surface area contributed by atoms with Gasteiger partial charge in [0.2, 0.25) is 5.91 Å². The van der Waals surface area contributed by atoms with Gasteiger partial charge in [0.25, 0.3) is 5.91 Å². The van der Waals surface area contributed by atoms with E-state index in [4.69, 9.17) is 4.98 Å². The predicted octanol–water partition coefficient (Wildman–Crippen LogP) is 6.13. The normalized spacial score (nSPS) is 17.5. The van der Waals surface area contributed by atoms with Crippen LogP contribution in [0.25, 0.3) is 11.3 Å². The zero-order valence-electron chi connectivity index (χ0n) is 25.0. The molecule has 0 aliphatic heterocycles. The number of carbonyl (C=O) groups excluding carboxylic acids is 2. The molecule has 2 aliphatic rings. The molecule has 3 aromatic rings. The second kappa shape index (κ2) is 13.0. The van der Waals surface area contributed by atoms with Gasteiger partial charge in [0.05, 0.1) is 23.3 Å². The SMILES string of the molecule is CCn1nccc1C(=O)N[C@H](C(=O)Nc1cnc(-c2c(C)n[nH]c2C)c(C)c1)C(C1CCCCC1)C1CCCCC1. The number of aryl methyl sites for hydroxylation is 4. The van der Waals surface area contributed by atoms with E-state index in [9.17, 15) is 9.59 Å². The lowest BCUT2D eigenvalue weighted by Crippen LogP contribution is -2.53. The smallest absolute Gasteiger partial charge is 0.270 e. The summed E-state index contributed by atoms with van der Waals surface area (Å²) in [6.45, 7) is 8.51. The van der Waals surface area contributed by atoms with Crippen LogP contribution in [-0.2, 0) is 11.3 Å². The highest BCUT2D eigenvalue weighted by Gasteiger charge is 2.41. The van der Waals surface area contributed by atoms with Crippen molar-refractivity contribution >= 4 is 17.5 Å². The molecule has 2 amide bonds. The van der Waals surface area contributed by atoms with Crippen LogP contribution in [0.5, 0.6) is 0 Å². The number of amides is 2. The molecular formula is C32H45N7O2. The largest absolute Gasteiger partial charge is 0.339 e. The van der Waals surface area contributed by atoms with Crippen LogP contribution >= 0.6 is 0 Å². The number of carbonyl (C=O) groups is 2. The van der Waals surface area contributed by atoms with E-state index >= 15 is 0 Å². The second-order valence-electron chi connectivity index (χ2n) is 12.0. The molecular weight excluding hydrogens is 514 g/mol. The number of H-pyrrole nitrogens is 1. The average Bonchev–Trinajstić information content (AvgIpc) is 3.60. The number of aromatic amines is 1. The molecule has 41 heavy (non-hydrogen) atoms. The minimum atomic E-state index is -0.632. The molecule has 9 nitrogen and oxygen atoms in total. The molecule has 5 rings (SSSR count). The summed E-state index contributed by atoms with van der Waals surface area (Å²) in [7, 11) is 0. The Balaban J connectivity index is 1.46. The van der Waals surface area contributed by atoms with Crippen LogP contribution in [-0.4, -0.2) is 42.8 Å². The van der Waals surface area contributed by atoms with Crippen LogP contribution < -0.4 is 10.6 Å². The maximum absolute atomic E-state index is 14.2. The lowest BCUT2D eigenvalue weighted by Gasteiger charge is -2.42. The molecule has 3 aromatic heterocycles. The van der Waals surface area contributed by atoms with Crippen molar-refractivity contribution in [2.75, 3.05) is 5.32 Å². The highest BCUT2D eigenvalue weighted by molar-refractivity contribution is 6.00. The number of nitrogens with one attached hydrogen (secondary N) is 3. The molecule has 0 bridgehead atoms. The molecule has 0 radical (unpaired) electrons. The maximum Gasteiger partial charge on any atom is 0.270 e. The Morgan fingerprint density at radius 3 is 2.24 bits per heavy atom. The first-order valence-electron chi connectivity index (χ1n) is 15.5. The molecule has 0 aromatic carbocycles. The number of rotatable bonds is 9. The summed E-state index contributed by atoms with van der Waals surface area (Å²) in [4.78, 5) is 32.6. The van der Waals surface area contributed by atoms with E-state index in [0.29, 0.717) is 29.8 Å². The summed E-state index contributed by atoms with van der Waals surface area (Å²) in [5.41, 5.74) is 5.79. The number of hydrogen-bond donors (Lipinski definition) is 3. The van der Waals surface area contributed by atoms with Gasteiger partial charge in [-0.25, -0.2) is 0 Å². The first-order valence-corrected chi connectivity index (χ1v) is 15.5. The number of aromatic nitrogens is 5. The van der Waals surface area contributed by atoms with E-state index in [0.717, 1.165) is 53.9 Å². The molecule has 9 heteroatoms. The van der Waals surface area contributed by atoms with E-state index < -0.39 is 6.04 Å². The predicted molar refractivity (Wildman–Crippen MR) is 160 cm³/mol. The Morgan fingerprint density at radius 1 is 1.02 bits per heavy atom. The van der Waals surface area contributed by atoms with Crippen LogP contribution in [0.4, 0.5) is 5.69 Å². The minimum absolute atomic E-state index is 0.0992. The van der Waals surface area contributed by atoms with Crippen molar-refractivity contribution in [3.8, 4) is 11.3 Å². The maximum atomic E-state index is 14.2. The van der Waals surface area contributed by atoms with Crippen molar-refractivity contribution in [1.29, 1.82) is 0 Å². The van der Waals surface area contributed by atoms with Gasteiger partial charge in [0.1, 0.15) is 11.7 Å². The fraction of sp³-hybridized carbons (Fsp3) is 0.594. The van der Waals surface area contributed by atoms with Crippen molar-refractivity contribution in [1.82, 2.24) is 30.3 Å². The Kier molecular flexibility index (Phi) is 9.20. The van der Waals surface area contributed by atoms with Crippen molar-refractivity contribution in [2.24, 2.45) is 17.8 Å². The van der Waals surface area contributed by atoms with Crippen molar-refractivity contribution < 1.29 is 9.59 Å². The summed E-state index contributed by atoms with van der Waals surface area (Å²) in [6.07, 6.45) is 15.1. The van der Waals surface area contributed by atoms with Gasteiger partial charge in [-0.3, -0.25) is 24.4 Å². The highest BCUT2D eigenvalue weighted by atomic mass is 16.2. The first-order chi connectivity index (χ1) is 19.9. The van der Waals surface area contributed by atoms with Gasteiger partial charge in [-0.1, -0.05) is 64.2 Å². The van der Waals surface area contributed by atoms with Gasteiger partial charge in [0.15, 0.2) is 0 Å².